The topological polar surface area (TPSA) is 109 Å². The highest BCUT2D eigenvalue weighted by molar-refractivity contribution is 5.91. The van der Waals surface area contributed by atoms with E-state index >= 15 is 0 Å². The lowest BCUT2D eigenvalue weighted by Crippen LogP contribution is -2.31. The minimum absolute atomic E-state index is 0.0307. The van der Waals surface area contributed by atoms with Crippen LogP contribution in [0.5, 0.6) is 0 Å². The molecule has 0 aliphatic rings. The number of carbonyl (C=O) groups excluding carboxylic acids is 2. The highest BCUT2D eigenvalue weighted by atomic mass is 16.4. The average Bonchev–Trinajstić information content (AvgIpc) is 2.36. The van der Waals surface area contributed by atoms with Crippen molar-refractivity contribution < 1.29 is 19.5 Å². The highest BCUT2D eigenvalue weighted by Gasteiger charge is 2.13. The van der Waals surface area contributed by atoms with E-state index in [0.717, 1.165) is 0 Å². The summed E-state index contributed by atoms with van der Waals surface area (Å²) in [6.07, 6.45) is 0.813. The zero-order chi connectivity index (χ0) is 13.5. The molecule has 18 heavy (non-hydrogen) atoms. The lowest BCUT2D eigenvalue weighted by atomic mass is 10.1. The maximum Gasteiger partial charge on any atom is 0.320 e. The first-order chi connectivity index (χ1) is 8.52. The standard InChI is InChI=1S/C12H14N2O4/c13-10(12(17)18)5-6-11(16)14-9-3-1-8(7-15)2-4-9/h1-4,7,10H,5-6,13H2,(H,14,16)(H,17,18). The van der Waals surface area contributed by atoms with E-state index in [4.69, 9.17) is 10.8 Å². The monoisotopic (exact) mass is 250 g/mol. The smallest absolute Gasteiger partial charge is 0.320 e. The van der Waals surface area contributed by atoms with Crippen molar-refractivity contribution >= 4 is 23.9 Å². The van der Waals surface area contributed by atoms with Crippen LogP contribution in [-0.4, -0.2) is 29.3 Å². The quantitative estimate of drug-likeness (QED) is 0.641. The van der Waals surface area contributed by atoms with E-state index in [-0.39, 0.29) is 18.7 Å². The zero-order valence-electron chi connectivity index (χ0n) is 9.63. The Bertz CT molecular complexity index is 442. The van der Waals surface area contributed by atoms with E-state index in [2.05, 4.69) is 5.32 Å². The van der Waals surface area contributed by atoms with Crippen LogP contribution in [0.15, 0.2) is 24.3 Å². The Balaban J connectivity index is 2.44. The fourth-order valence-electron chi connectivity index (χ4n) is 1.28. The molecule has 0 radical (unpaired) electrons. The van der Waals surface area contributed by atoms with E-state index < -0.39 is 12.0 Å². The Kier molecular flexibility index (Phi) is 5.01. The molecular weight excluding hydrogens is 236 g/mol. The van der Waals surface area contributed by atoms with E-state index in [9.17, 15) is 14.4 Å². The van der Waals surface area contributed by atoms with Crippen LogP contribution >= 0.6 is 0 Å². The number of nitrogens with one attached hydrogen (secondary N) is 1. The predicted octanol–water partition coefficient (Wildman–Crippen LogP) is 0.630. The molecule has 0 heterocycles. The zero-order valence-corrected chi connectivity index (χ0v) is 9.63. The Morgan fingerprint density at radius 1 is 1.33 bits per heavy atom. The number of hydrogen-bond acceptors (Lipinski definition) is 4. The van der Waals surface area contributed by atoms with Gasteiger partial charge in [0.05, 0.1) is 0 Å². The first-order valence-corrected chi connectivity index (χ1v) is 5.36. The van der Waals surface area contributed by atoms with Gasteiger partial charge in [0.25, 0.3) is 0 Å². The maximum atomic E-state index is 11.5. The minimum atomic E-state index is -1.13. The van der Waals surface area contributed by atoms with Gasteiger partial charge in [-0.2, -0.15) is 0 Å². The lowest BCUT2D eigenvalue weighted by molar-refractivity contribution is -0.138. The third-order valence-electron chi connectivity index (χ3n) is 2.33. The van der Waals surface area contributed by atoms with Gasteiger partial charge in [-0.25, -0.2) is 0 Å². The number of aldehydes is 1. The van der Waals surface area contributed by atoms with Crippen molar-refractivity contribution in [1.82, 2.24) is 0 Å². The number of aliphatic carboxylic acids is 1. The SMILES string of the molecule is NC(CCC(=O)Nc1ccc(C=O)cc1)C(=O)O. The number of hydrogen-bond donors (Lipinski definition) is 3. The molecule has 1 amide bonds. The van der Waals surface area contributed by atoms with Crippen molar-refractivity contribution in [3.05, 3.63) is 29.8 Å². The Labute approximate surface area is 104 Å². The number of carboxylic acid groups (broad SMARTS) is 1. The minimum Gasteiger partial charge on any atom is -0.480 e. The van der Waals surface area contributed by atoms with Gasteiger partial charge in [0.2, 0.25) is 5.91 Å². The molecule has 6 heteroatoms. The molecule has 1 rings (SSSR count). The van der Waals surface area contributed by atoms with E-state index in [1.807, 2.05) is 0 Å². The number of carbonyl (C=O) groups is 3. The Morgan fingerprint density at radius 3 is 2.44 bits per heavy atom. The molecule has 1 aromatic carbocycles. The average molecular weight is 250 g/mol. The molecule has 0 fully saturated rings. The molecule has 0 bridgehead atoms. The fourth-order valence-corrected chi connectivity index (χ4v) is 1.28. The summed E-state index contributed by atoms with van der Waals surface area (Å²) < 4.78 is 0. The summed E-state index contributed by atoms with van der Waals surface area (Å²) >= 11 is 0. The molecular formula is C12H14N2O4. The Hall–Kier alpha value is -2.21. The van der Waals surface area contributed by atoms with Crippen molar-refractivity contribution in [3.63, 3.8) is 0 Å². The largest absolute Gasteiger partial charge is 0.480 e. The predicted molar refractivity (Wildman–Crippen MR) is 65.3 cm³/mol. The number of amides is 1. The maximum absolute atomic E-state index is 11.5. The van der Waals surface area contributed by atoms with Gasteiger partial charge in [-0.05, 0) is 30.7 Å². The highest BCUT2D eigenvalue weighted by Crippen LogP contribution is 2.09. The van der Waals surface area contributed by atoms with Crippen LogP contribution in [-0.2, 0) is 9.59 Å². The van der Waals surface area contributed by atoms with Gasteiger partial charge in [-0.3, -0.25) is 14.4 Å². The molecule has 6 nitrogen and oxygen atoms in total. The molecule has 1 aromatic rings. The van der Waals surface area contributed by atoms with Crippen molar-refractivity contribution in [1.29, 1.82) is 0 Å². The summed E-state index contributed by atoms with van der Waals surface area (Å²) in [4.78, 5) is 32.3. The number of anilines is 1. The van der Waals surface area contributed by atoms with Crippen LogP contribution in [0.25, 0.3) is 0 Å². The summed E-state index contributed by atoms with van der Waals surface area (Å²) in [6, 6.07) is 5.31. The first kappa shape index (κ1) is 13.9. The third-order valence-corrected chi connectivity index (χ3v) is 2.33. The van der Waals surface area contributed by atoms with Crippen LogP contribution in [0.1, 0.15) is 23.2 Å². The first-order valence-electron chi connectivity index (χ1n) is 5.36. The molecule has 0 aromatic heterocycles. The molecule has 0 spiro atoms. The van der Waals surface area contributed by atoms with Crippen LogP contribution in [0.3, 0.4) is 0 Å². The second-order valence-electron chi connectivity index (χ2n) is 3.77. The molecule has 1 atom stereocenters. The second-order valence-corrected chi connectivity index (χ2v) is 3.77. The van der Waals surface area contributed by atoms with Crippen molar-refractivity contribution in [3.8, 4) is 0 Å². The number of nitrogens with two attached hydrogens (primary N) is 1. The van der Waals surface area contributed by atoms with E-state index in [0.29, 0.717) is 17.5 Å². The van der Waals surface area contributed by atoms with E-state index in [1.54, 1.807) is 24.3 Å². The van der Waals surface area contributed by atoms with Crippen LogP contribution in [0.2, 0.25) is 0 Å². The molecule has 0 aliphatic heterocycles. The molecule has 96 valence electrons. The molecule has 0 saturated heterocycles. The summed E-state index contributed by atoms with van der Waals surface area (Å²) in [7, 11) is 0. The van der Waals surface area contributed by atoms with Crippen LogP contribution in [0.4, 0.5) is 5.69 Å². The molecule has 1 unspecified atom stereocenters. The van der Waals surface area contributed by atoms with Gasteiger partial charge in [-0.15, -0.1) is 0 Å². The van der Waals surface area contributed by atoms with Gasteiger partial charge in [0, 0.05) is 17.7 Å². The van der Waals surface area contributed by atoms with Crippen molar-refractivity contribution in [2.75, 3.05) is 5.32 Å². The molecule has 0 aliphatic carbocycles. The summed E-state index contributed by atoms with van der Waals surface area (Å²) in [5.74, 6) is -1.44. The van der Waals surface area contributed by atoms with E-state index in [1.165, 1.54) is 0 Å². The third kappa shape index (κ3) is 4.34. The van der Waals surface area contributed by atoms with Crippen LogP contribution in [0, 0.1) is 0 Å². The van der Waals surface area contributed by atoms with Gasteiger partial charge in [-0.1, -0.05) is 0 Å². The summed E-state index contributed by atoms with van der Waals surface area (Å²) in [5.41, 5.74) is 6.34. The fraction of sp³-hybridized carbons (Fsp3) is 0.250. The summed E-state index contributed by atoms with van der Waals surface area (Å²) in [6.45, 7) is 0. The number of carboxylic acids is 1. The van der Waals surface area contributed by atoms with Gasteiger partial charge in [0.1, 0.15) is 12.3 Å². The molecule has 4 N–H and O–H groups in total. The molecule has 0 saturated carbocycles. The normalized spacial score (nSPS) is 11.6. The number of benzene rings is 1. The second kappa shape index (κ2) is 6.51. The summed E-state index contributed by atoms with van der Waals surface area (Å²) in [5, 5.41) is 11.1. The lowest BCUT2D eigenvalue weighted by Gasteiger charge is -2.07. The van der Waals surface area contributed by atoms with Gasteiger partial charge in [0.15, 0.2) is 0 Å². The van der Waals surface area contributed by atoms with Gasteiger partial charge < -0.3 is 16.2 Å². The van der Waals surface area contributed by atoms with Crippen LogP contribution < -0.4 is 11.1 Å². The van der Waals surface area contributed by atoms with Crippen molar-refractivity contribution in [2.45, 2.75) is 18.9 Å². The van der Waals surface area contributed by atoms with Gasteiger partial charge >= 0.3 is 5.97 Å². The number of rotatable bonds is 6. The van der Waals surface area contributed by atoms with Crippen molar-refractivity contribution in [2.24, 2.45) is 5.73 Å². The Morgan fingerprint density at radius 2 is 1.94 bits per heavy atom.